The Morgan fingerprint density at radius 1 is 0.939 bits per heavy atom. The fraction of sp³-hybridized carbons (Fsp3) is 0.552. The maximum atomic E-state index is 14.0. The number of hydrogen-bond donors (Lipinski definition) is 1. The molecular weight excluding hydrogens is 430 g/mol. The lowest BCUT2D eigenvalue weighted by molar-refractivity contribution is 0.101. The minimum absolute atomic E-state index is 0.0731. The molecule has 0 aliphatic heterocycles. The van der Waals surface area contributed by atoms with Crippen LogP contribution in [-0.4, -0.2) is 10.9 Å². The molecule has 2 atom stereocenters. The highest BCUT2D eigenvalue weighted by Crippen LogP contribution is 2.51. The summed E-state index contributed by atoms with van der Waals surface area (Å²) in [5.74, 6) is -0.168. The number of phenolic OH excluding ortho intramolecular Hbond substituents is 1. The van der Waals surface area contributed by atoms with Gasteiger partial charge in [0.15, 0.2) is 5.78 Å². The molecule has 0 saturated carbocycles. The highest BCUT2D eigenvalue weighted by atomic mass is 31.1. The third-order valence-corrected chi connectivity index (χ3v) is 8.21. The summed E-state index contributed by atoms with van der Waals surface area (Å²) < 4.78 is 14.0. The Hall–Kier alpha value is -1.73. The maximum absolute atomic E-state index is 14.0. The highest BCUT2D eigenvalue weighted by Gasteiger charge is 2.35. The molecule has 2 nitrogen and oxygen atoms in total. The largest absolute Gasteiger partial charge is 0.507 e. The molecule has 0 heterocycles. The van der Waals surface area contributed by atoms with Gasteiger partial charge in [0.2, 0.25) is 0 Å². The number of ketones is 1. The molecule has 182 valence electrons. The first-order chi connectivity index (χ1) is 15.1. The van der Waals surface area contributed by atoms with Crippen LogP contribution in [0, 0.1) is 5.82 Å². The molecule has 1 N–H and O–H groups in total. The van der Waals surface area contributed by atoms with Crippen molar-refractivity contribution in [2.24, 2.45) is 0 Å². The zero-order chi connectivity index (χ0) is 25.2. The lowest BCUT2D eigenvalue weighted by Gasteiger charge is -2.36. The normalized spacial score (nSPS) is 14.6. The van der Waals surface area contributed by atoms with Gasteiger partial charge in [0, 0.05) is 16.3 Å². The molecule has 2 aromatic rings. The number of Topliss-reactive ketones (excluding diaryl/α,β-unsaturated/α-hetero) is 1. The molecular formula is C29H42FO2P. The van der Waals surface area contributed by atoms with Crippen LogP contribution in [0.4, 0.5) is 4.39 Å². The number of rotatable bonds is 8. The SMILES string of the molecule is CCCCCC(C)(Pc1ccc(F)cc1C(C)=O)c1cc(C(C)(C)C)cc(C(C)(C)C)c1O. The van der Waals surface area contributed by atoms with Crippen LogP contribution in [0.25, 0.3) is 0 Å². The second kappa shape index (κ2) is 10.3. The van der Waals surface area contributed by atoms with Crippen LogP contribution in [0.1, 0.15) is 115 Å². The van der Waals surface area contributed by atoms with E-state index in [0.717, 1.165) is 42.1 Å². The summed E-state index contributed by atoms with van der Waals surface area (Å²) in [6.07, 6.45) is 4.13. The summed E-state index contributed by atoms with van der Waals surface area (Å²) in [5, 5.41) is 12.1. The minimum atomic E-state index is -0.394. The summed E-state index contributed by atoms with van der Waals surface area (Å²) in [6.45, 7) is 18.8. The molecule has 0 aliphatic carbocycles. The molecule has 0 fully saturated rings. The molecule has 2 aromatic carbocycles. The second-order valence-corrected chi connectivity index (χ2v) is 13.5. The third-order valence-electron chi connectivity index (χ3n) is 6.43. The van der Waals surface area contributed by atoms with E-state index >= 15 is 0 Å². The van der Waals surface area contributed by atoms with E-state index < -0.39 is 5.82 Å². The number of carbonyl (C=O) groups excluding carboxylic acids is 1. The molecule has 0 amide bonds. The first kappa shape index (κ1) is 27.5. The van der Waals surface area contributed by atoms with Crippen LogP contribution in [-0.2, 0) is 16.0 Å². The van der Waals surface area contributed by atoms with E-state index in [-0.39, 0.29) is 30.4 Å². The van der Waals surface area contributed by atoms with Crippen LogP contribution in [0.5, 0.6) is 5.75 Å². The summed E-state index contributed by atoms with van der Waals surface area (Å²) in [7, 11) is 0.234. The van der Waals surface area contributed by atoms with Crippen LogP contribution >= 0.6 is 8.58 Å². The maximum Gasteiger partial charge on any atom is 0.160 e. The standard InChI is InChI=1S/C29H42FO2P/c1-10-11-12-15-29(9,33-25-14-13-21(30)18-22(25)19(2)31)24-17-20(27(3,4)5)16-23(26(24)32)28(6,7)8/h13-14,16-18,32-33H,10-12,15H2,1-9H3. The number of aromatic hydroxyl groups is 1. The lowest BCUT2D eigenvalue weighted by Crippen LogP contribution is -2.25. The van der Waals surface area contributed by atoms with E-state index in [1.807, 2.05) is 0 Å². The Labute approximate surface area is 202 Å². The fourth-order valence-corrected chi connectivity index (χ4v) is 6.04. The second-order valence-electron chi connectivity index (χ2n) is 11.6. The first-order valence-corrected chi connectivity index (χ1v) is 13.1. The molecule has 2 rings (SSSR count). The van der Waals surface area contributed by atoms with Gasteiger partial charge >= 0.3 is 0 Å². The van der Waals surface area contributed by atoms with Gasteiger partial charge in [-0.15, -0.1) is 0 Å². The van der Waals surface area contributed by atoms with E-state index in [2.05, 4.69) is 67.5 Å². The third kappa shape index (κ3) is 6.66. The minimum Gasteiger partial charge on any atom is -0.507 e. The van der Waals surface area contributed by atoms with E-state index in [1.165, 1.54) is 24.6 Å². The van der Waals surface area contributed by atoms with Gasteiger partial charge in [-0.05, 0) is 52.7 Å². The molecule has 0 radical (unpaired) electrons. The van der Waals surface area contributed by atoms with Gasteiger partial charge in [-0.25, -0.2) is 4.39 Å². The average molecular weight is 473 g/mol. The Bertz CT molecular complexity index is 998. The van der Waals surface area contributed by atoms with Crippen LogP contribution in [0.2, 0.25) is 0 Å². The lowest BCUT2D eigenvalue weighted by atomic mass is 9.77. The Balaban J connectivity index is 2.77. The van der Waals surface area contributed by atoms with Crippen molar-refractivity contribution in [2.75, 3.05) is 0 Å². The molecule has 0 bridgehead atoms. The van der Waals surface area contributed by atoms with Crippen molar-refractivity contribution < 1.29 is 14.3 Å². The van der Waals surface area contributed by atoms with Gasteiger partial charge in [-0.3, -0.25) is 4.79 Å². The van der Waals surface area contributed by atoms with Crippen molar-refractivity contribution >= 4 is 19.7 Å². The summed E-state index contributed by atoms with van der Waals surface area (Å²) >= 11 is 0. The Morgan fingerprint density at radius 3 is 2.06 bits per heavy atom. The number of halogens is 1. The summed E-state index contributed by atoms with van der Waals surface area (Å²) in [5.41, 5.74) is 3.23. The number of unbranched alkanes of at least 4 members (excludes halogenated alkanes) is 2. The number of hydrogen-bond acceptors (Lipinski definition) is 2. The van der Waals surface area contributed by atoms with Gasteiger partial charge < -0.3 is 5.11 Å². The molecule has 2 unspecified atom stereocenters. The topological polar surface area (TPSA) is 37.3 Å². The average Bonchev–Trinajstić information content (AvgIpc) is 2.67. The van der Waals surface area contributed by atoms with Crippen LogP contribution in [0.15, 0.2) is 30.3 Å². The van der Waals surface area contributed by atoms with E-state index in [4.69, 9.17) is 0 Å². The summed E-state index contributed by atoms with van der Waals surface area (Å²) in [4.78, 5) is 12.3. The van der Waals surface area contributed by atoms with Gasteiger partial charge in [-0.2, -0.15) is 0 Å². The first-order valence-electron chi connectivity index (χ1n) is 12.1. The van der Waals surface area contributed by atoms with Gasteiger partial charge in [0.1, 0.15) is 11.6 Å². The van der Waals surface area contributed by atoms with E-state index in [1.54, 1.807) is 6.07 Å². The van der Waals surface area contributed by atoms with Crippen LogP contribution < -0.4 is 5.30 Å². The molecule has 33 heavy (non-hydrogen) atoms. The predicted molar refractivity (Wildman–Crippen MR) is 141 cm³/mol. The Morgan fingerprint density at radius 2 is 1.55 bits per heavy atom. The van der Waals surface area contributed by atoms with Crippen LogP contribution in [0.3, 0.4) is 0 Å². The summed E-state index contributed by atoms with van der Waals surface area (Å²) in [6, 6.07) is 8.85. The quantitative estimate of drug-likeness (QED) is 0.239. The molecule has 0 aromatic heterocycles. The predicted octanol–water partition coefficient (Wildman–Crippen LogP) is 8.13. The Kier molecular flexibility index (Phi) is 8.56. The van der Waals surface area contributed by atoms with Crippen molar-refractivity contribution in [3.05, 3.63) is 58.4 Å². The molecule has 0 saturated heterocycles. The number of phenols is 1. The molecule has 4 heteroatoms. The monoisotopic (exact) mass is 472 g/mol. The van der Waals surface area contributed by atoms with Crippen molar-refractivity contribution in [3.8, 4) is 5.75 Å². The van der Waals surface area contributed by atoms with Gasteiger partial charge in [0.05, 0.1) is 0 Å². The van der Waals surface area contributed by atoms with E-state index in [0.29, 0.717) is 11.3 Å². The van der Waals surface area contributed by atoms with Crippen molar-refractivity contribution in [2.45, 2.75) is 104 Å². The highest BCUT2D eigenvalue weighted by molar-refractivity contribution is 7.48. The zero-order valence-corrected chi connectivity index (χ0v) is 22.9. The smallest absolute Gasteiger partial charge is 0.160 e. The number of benzene rings is 2. The van der Waals surface area contributed by atoms with Crippen molar-refractivity contribution in [1.29, 1.82) is 0 Å². The fourth-order valence-electron chi connectivity index (χ4n) is 4.27. The van der Waals surface area contributed by atoms with Gasteiger partial charge in [0.25, 0.3) is 0 Å². The molecule has 0 spiro atoms. The van der Waals surface area contributed by atoms with Crippen molar-refractivity contribution in [3.63, 3.8) is 0 Å². The molecule has 0 aliphatic rings. The van der Waals surface area contributed by atoms with Gasteiger partial charge in [-0.1, -0.05) is 101 Å². The number of carbonyl (C=O) groups is 1. The zero-order valence-electron chi connectivity index (χ0n) is 21.9. The van der Waals surface area contributed by atoms with E-state index in [9.17, 15) is 14.3 Å². The van der Waals surface area contributed by atoms with Crippen molar-refractivity contribution in [1.82, 2.24) is 0 Å².